The highest BCUT2D eigenvalue weighted by molar-refractivity contribution is 5.85. The Labute approximate surface area is 91.3 Å². The zero-order valence-electron chi connectivity index (χ0n) is 8.62. The van der Waals surface area contributed by atoms with Gasteiger partial charge in [-0.25, -0.2) is 0 Å². The van der Waals surface area contributed by atoms with Crippen LogP contribution in [0.2, 0.25) is 0 Å². The molecule has 0 amide bonds. The highest BCUT2D eigenvalue weighted by atomic mass is 35.5. The molecule has 0 radical (unpaired) electrons. The lowest BCUT2D eigenvalue weighted by Crippen LogP contribution is -2.26. The van der Waals surface area contributed by atoms with Gasteiger partial charge in [-0.15, -0.1) is 12.4 Å². The number of fused-ring (bicyclic) bond motifs is 1. The summed E-state index contributed by atoms with van der Waals surface area (Å²) in [5.74, 6) is 0.967. The van der Waals surface area contributed by atoms with Gasteiger partial charge in [-0.1, -0.05) is 6.07 Å². The van der Waals surface area contributed by atoms with Crippen LogP contribution in [0.25, 0.3) is 0 Å². The molecule has 2 rings (SSSR count). The Balaban J connectivity index is 0.000000980. The van der Waals surface area contributed by atoms with Crippen LogP contribution in [0, 0.1) is 0 Å². The van der Waals surface area contributed by atoms with Crippen molar-refractivity contribution in [2.24, 2.45) is 0 Å². The number of halogens is 1. The van der Waals surface area contributed by atoms with E-state index in [0.29, 0.717) is 0 Å². The minimum atomic E-state index is 0. The molecule has 0 saturated heterocycles. The number of hydrogen-bond acceptors (Lipinski definition) is 2. The smallest absolute Gasteiger partial charge is 0.119 e. The molecule has 1 heterocycles. The van der Waals surface area contributed by atoms with Crippen LogP contribution in [0.3, 0.4) is 0 Å². The molecule has 0 bridgehead atoms. The van der Waals surface area contributed by atoms with Gasteiger partial charge in [0.05, 0.1) is 7.11 Å². The van der Waals surface area contributed by atoms with Crippen LogP contribution in [0.15, 0.2) is 18.2 Å². The molecule has 1 aromatic carbocycles. The predicted molar refractivity (Wildman–Crippen MR) is 60.3 cm³/mol. The molecule has 0 aliphatic carbocycles. The van der Waals surface area contributed by atoms with Crippen LogP contribution in [-0.2, 0) is 13.0 Å². The van der Waals surface area contributed by atoms with Crippen molar-refractivity contribution in [2.75, 3.05) is 20.7 Å². The van der Waals surface area contributed by atoms with E-state index in [-0.39, 0.29) is 12.4 Å². The van der Waals surface area contributed by atoms with Gasteiger partial charge in [0.15, 0.2) is 0 Å². The fourth-order valence-corrected chi connectivity index (χ4v) is 1.80. The molecule has 1 aliphatic heterocycles. The summed E-state index contributed by atoms with van der Waals surface area (Å²) in [6.07, 6.45) is 1.16. The highest BCUT2D eigenvalue weighted by Gasteiger charge is 2.12. The molecule has 0 spiro atoms. The second kappa shape index (κ2) is 4.67. The maximum atomic E-state index is 5.20. The van der Waals surface area contributed by atoms with Crippen molar-refractivity contribution >= 4 is 12.4 Å². The molecule has 78 valence electrons. The number of benzene rings is 1. The lowest BCUT2D eigenvalue weighted by molar-refractivity contribution is 0.311. The molecule has 14 heavy (non-hydrogen) atoms. The summed E-state index contributed by atoms with van der Waals surface area (Å²) in [4.78, 5) is 2.34. The standard InChI is InChI=1S/C11H15NO.ClH/c1-12-6-5-9-3-4-11(13-2)7-10(9)8-12;/h3-4,7H,5-6,8H2,1-2H3;1H. The number of methoxy groups -OCH3 is 1. The average molecular weight is 214 g/mol. The third kappa shape index (κ3) is 2.20. The summed E-state index contributed by atoms with van der Waals surface area (Å²) in [6, 6.07) is 6.37. The Kier molecular flexibility index (Phi) is 3.78. The first kappa shape index (κ1) is 11.3. The van der Waals surface area contributed by atoms with E-state index in [2.05, 4.69) is 24.1 Å². The second-order valence-electron chi connectivity index (χ2n) is 3.62. The quantitative estimate of drug-likeness (QED) is 0.709. The molecule has 2 nitrogen and oxygen atoms in total. The van der Waals surface area contributed by atoms with Crippen LogP contribution in [0.5, 0.6) is 5.75 Å². The number of ether oxygens (including phenoxy) is 1. The van der Waals surface area contributed by atoms with E-state index in [1.54, 1.807) is 7.11 Å². The summed E-state index contributed by atoms with van der Waals surface area (Å²) in [6.45, 7) is 2.21. The van der Waals surface area contributed by atoms with Gasteiger partial charge in [-0.3, -0.25) is 0 Å². The van der Waals surface area contributed by atoms with E-state index in [9.17, 15) is 0 Å². The van der Waals surface area contributed by atoms with Gasteiger partial charge in [0.25, 0.3) is 0 Å². The topological polar surface area (TPSA) is 12.5 Å². The molecule has 0 unspecified atom stereocenters. The SMILES string of the molecule is COc1ccc2c(c1)CN(C)CC2.Cl. The van der Waals surface area contributed by atoms with Crippen LogP contribution < -0.4 is 4.74 Å². The second-order valence-corrected chi connectivity index (χ2v) is 3.62. The Hall–Kier alpha value is -0.730. The number of rotatable bonds is 1. The monoisotopic (exact) mass is 213 g/mol. The van der Waals surface area contributed by atoms with E-state index >= 15 is 0 Å². The van der Waals surface area contributed by atoms with E-state index in [0.717, 1.165) is 18.7 Å². The number of likely N-dealkylation sites (N-methyl/N-ethyl adjacent to an activating group) is 1. The Morgan fingerprint density at radius 3 is 2.79 bits per heavy atom. The van der Waals surface area contributed by atoms with E-state index in [4.69, 9.17) is 4.74 Å². The molecular weight excluding hydrogens is 198 g/mol. The highest BCUT2D eigenvalue weighted by Crippen LogP contribution is 2.22. The van der Waals surface area contributed by atoms with E-state index in [1.165, 1.54) is 17.7 Å². The Morgan fingerprint density at radius 1 is 1.29 bits per heavy atom. The van der Waals surface area contributed by atoms with Crippen molar-refractivity contribution in [3.8, 4) is 5.75 Å². The maximum Gasteiger partial charge on any atom is 0.119 e. The predicted octanol–water partition coefficient (Wildman–Crippen LogP) is 2.10. The van der Waals surface area contributed by atoms with Crippen molar-refractivity contribution in [3.05, 3.63) is 29.3 Å². The first-order valence-corrected chi connectivity index (χ1v) is 4.64. The van der Waals surface area contributed by atoms with Crippen molar-refractivity contribution < 1.29 is 4.74 Å². The van der Waals surface area contributed by atoms with Gasteiger partial charge in [0.1, 0.15) is 5.75 Å². The molecule has 3 heteroatoms. The molecule has 0 fully saturated rings. The maximum absolute atomic E-state index is 5.20. The zero-order chi connectivity index (χ0) is 9.26. The van der Waals surface area contributed by atoms with Crippen LogP contribution >= 0.6 is 12.4 Å². The summed E-state index contributed by atoms with van der Waals surface area (Å²) < 4.78 is 5.20. The number of hydrogen-bond donors (Lipinski definition) is 0. The normalized spacial score (nSPS) is 15.6. The summed E-state index contributed by atoms with van der Waals surface area (Å²) >= 11 is 0. The average Bonchev–Trinajstić information content (AvgIpc) is 2.16. The number of nitrogens with zero attached hydrogens (tertiary/aromatic N) is 1. The lowest BCUT2D eigenvalue weighted by Gasteiger charge is -2.25. The minimum absolute atomic E-state index is 0. The van der Waals surface area contributed by atoms with Crippen molar-refractivity contribution in [2.45, 2.75) is 13.0 Å². The lowest BCUT2D eigenvalue weighted by atomic mass is 10.00. The van der Waals surface area contributed by atoms with Crippen molar-refractivity contribution in [3.63, 3.8) is 0 Å². The van der Waals surface area contributed by atoms with Gasteiger partial charge in [0, 0.05) is 13.1 Å². The molecule has 1 aliphatic rings. The summed E-state index contributed by atoms with van der Waals surface area (Å²) in [5.41, 5.74) is 2.88. The zero-order valence-corrected chi connectivity index (χ0v) is 9.43. The molecular formula is C11H16ClNO. The fraction of sp³-hybridized carbons (Fsp3) is 0.455. The van der Waals surface area contributed by atoms with Crippen LogP contribution in [0.1, 0.15) is 11.1 Å². The van der Waals surface area contributed by atoms with Gasteiger partial charge in [-0.05, 0) is 36.7 Å². The molecule has 0 atom stereocenters. The minimum Gasteiger partial charge on any atom is -0.497 e. The Morgan fingerprint density at radius 2 is 2.07 bits per heavy atom. The first-order chi connectivity index (χ1) is 6.29. The molecule has 0 N–H and O–H groups in total. The van der Waals surface area contributed by atoms with Crippen molar-refractivity contribution in [1.29, 1.82) is 0 Å². The third-order valence-corrected chi connectivity index (χ3v) is 2.62. The summed E-state index contributed by atoms with van der Waals surface area (Å²) in [5, 5.41) is 0. The Bertz CT molecular complexity index is 314. The van der Waals surface area contributed by atoms with Gasteiger partial charge in [-0.2, -0.15) is 0 Å². The van der Waals surface area contributed by atoms with Gasteiger partial charge >= 0.3 is 0 Å². The fourth-order valence-electron chi connectivity index (χ4n) is 1.80. The van der Waals surface area contributed by atoms with Gasteiger partial charge in [0.2, 0.25) is 0 Å². The first-order valence-electron chi connectivity index (χ1n) is 4.64. The molecule has 1 aromatic rings. The van der Waals surface area contributed by atoms with Crippen LogP contribution in [0.4, 0.5) is 0 Å². The molecule has 0 aromatic heterocycles. The summed E-state index contributed by atoms with van der Waals surface area (Å²) in [7, 11) is 3.87. The van der Waals surface area contributed by atoms with Crippen molar-refractivity contribution in [1.82, 2.24) is 4.90 Å². The van der Waals surface area contributed by atoms with Gasteiger partial charge < -0.3 is 9.64 Å². The third-order valence-electron chi connectivity index (χ3n) is 2.62. The molecule has 0 saturated carbocycles. The van der Waals surface area contributed by atoms with E-state index in [1.807, 2.05) is 6.07 Å². The largest absolute Gasteiger partial charge is 0.497 e. The van der Waals surface area contributed by atoms with E-state index < -0.39 is 0 Å². The van der Waals surface area contributed by atoms with Crippen LogP contribution in [-0.4, -0.2) is 25.6 Å².